The average molecular weight is 309 g/mol. The van der Waals surface area contributed by atoms with E-state index in [2.05, 4.69) is 12.2 Å². The summed E-state index contributed by atoms with van der Waals surface area (Å²) < 4.78 is 0. The number of carbonyl (C=O) groups excluding carboxylic acids is 1. The Bertz CT molecular complexity index is 488. The molecule has 1 amide bonds. The Morgan fingerprint density at radius 2 is 2.19 bits per heavy atom. The van der Waals surface area contributed by atoms with Gasteiger partial charge in [0.25, 0.3) is 5.91 Å². The van der Waals surface area contributed by atoms with E-state index < -0.39 is 5.97 Å². The van der Waals surface area contributed by atoms with Crippen molar-refractivity contribution in [3.8, 4) is 0 Å². The number of nitrogens with one attached hydrogen (secondary N) is 1. The number of carboxylic acids is 1. The molecule has 2 rings (SSSR count). The minimum atomic E-state index is -0.745. The lowest BCUT2D eigenvalue weighted by Gasteiger charge is -2.13. The first kappa shape index (κ1) is 16.0. The summed E-state index contributed by atoms with van der Waals surface area (Å²) >= 11 is 1.62. The van der Waals surface area contributed by atoms with Crippen LogP contribution in [0.5, 0.6) is 0 Å². The first-order chi connectivity index (χ1) is 10.1. The normalized spacial score (nSPS) is 14.7. The monoisotopic (exact) mass is 309 g/mol. The number of aryl methyl sites for hydroxylation is 2. The summed E-state index contributed by atoms with van der Waals surface area (Å²) in [4.78, 5) is 24.9. The largest absolute Gasteiger partial charge is 0.481 e. The van der Waals surface area contributed by atoms with Crippen LogP contribution in [0, 0.1) is 5.92 Å². The third-order valence-electron chi connectivity index (χ3n) is 4.15. The maximum atomic E-state index is 12.1. The number of aliphatic carboxylic acids is 1. The number of fused-ring (bicyclic) bond motifs is 1. The summed E-state index contributed by atoms with van der Waals surface area (Å²) in [7, 11) is 0. The quantitative estimate of drug-likeness (QED) is 0.774. The maximum Gasteiger partial charge on any atom is 0.303 e. The van der Waals surface area contributed by atoms with Crippen LogP contribution in [0.4, 0.5) is 0 Å². The molecule has 1 heterocycles. The van der Waals surface area contributed by atoms with Gasteiger partial charge >= 0.3 is 5.97 Å². The highest BCUT2D eigenvalue weighted by molar-refractivity contribution is 7.14. The molecule has 116 valence electrons. The molecule has 0 saturated heterocycles. The van der Waals surface area contributed by atoms with Crippen LogP contribution >= 0.6 is 11.3 Å². The number of rotatable bonds is 8. The molecule has 0 bridgehead atoms. The van der Waals surface area contributed by atoms with E-state index in [9.17, 15) is 9.59 Å². The summed E-state index contributed by atoms with van der Waals surface area (Å²) in [5.74, 6) is -0.359. The number of hydrogen-bond donors (Lipinski definition) is 2. The van der Waals surface area contributed by atoms with Gasteiger partial charge in [-0.15, -0.1) is 11.3 Å². The SMILES string of the molecule is CCC(CCNC(=O)c1cc2c(s1)CCC2)CCC(=O)O. The molecule has 5 heteroatoms. The van der Waals surface area contributed by atoms with Crippen LogP contribution in [0.3, 0.4) is 0 Å². The zero-order chi connectivity index (χ0) is 15.2. The van der Waals surface area contributed by atoms with Crippen molar-refractivity contribution >= 4 is 23.2 Å². The van der Waals surface area contributed by atoms with Crippen LogP contribution in [0.25, 0.3) is 0 Å². The van der Waals surface area contributed by atoms with Gasteiger partial charge in [0.15, 0.2) is 0 Å². The van der Waals surface area contributed by atoms with Crippen molar-refractivity contribution in [3.63, 3.8) is 0 Å². The summed E-state index contributed by atoms with van der Waals surface area (Å²) in [5.41, 5.74) is 1.35. The Balaban J connectivity index is 1.74. The van der Waals surface area contributed by atoms with E-state index in [4.69, 9.17) is 5.11 Å². The van der Waals surface area contributed by atoms with Crippen LogP contribution in [0.2, 0.25) is 0 Å². The highest BCUT2D eigenvalue weighted by Crippen LogP contribution is 2.30. The Kier molecular flexibility index (Phi) is 5.79. The molecule has 2 N–H and O–H groups in total. The van der Waals surface area contributed by atoms with Gasteiger partial charge in [0.2, 0.25) is 0 Å². The summed E-state index contributed by atoms with van der Waals surface area (Å²) in [6, 6.07) is 2.03. The van der Waals surface area contributed by atoms with E-state index in [1.54, 1.807) is 11.3 Å². The van der Waals surface area contributed by atoms with Gasteiger partial charge in [0, 0.05) is 17.8 Å². The number of carboxylic acid groups (broad SMARTS) is 1. The fourth-order valence-electron chi connectivity index (χ4n) is 2.80. The molecule has 0 radical (unpaired) electrons. The maximum absolute atomic E-state index is 12.1. The van der Waals surface area contributed by atoms with Crippen molar-refractivity contribution < 1.29 is 14.7 Å². The van der Waals surface area contributed by atoms with Crippen molar-refractivity contribution in [2.24, 2.45) is 5.92 Å². The molecule has 21 heavy (non-hydrogen) atoms. The lowest BCUT2D eigenvalue weighted by Crippen LogP contribution is -2.25. The minimum Gasteiger partial charge on any atom is -0.481 e. The zero-order valence-electron chi connectivity index (χ0n) is 12.5. The second-order valence-corrected chi connectivity index (χ2v) is 6.80. The smallest absolute Gasteiger partial charge is 0.303 e. The number of hydrogen-bond acceptors (Lipinski definition) is 3. The zero-order valence-corrected chi connectivity index (χ0v) is 13.3. The Morgan fingerprint density at radius 3 is 2.86 bits per heavy atom. The standard InChI is InChI=1S/C16H23NO3S/c1-2-11(6-7-15(18)19)8-9-17-16(20)14-10-12-4-3-5-13(12)21-14/h10-11H,2-9H2,1H3,(H,17,20)(H,18,19). The van der Waals surface area contributed by atoms with E-state index in [0.29, 0.717) is 18.9 Å². The molecule has 1 aromatic rings. The molecule has 0 aromatic carbocycles. The van der Waals surface area contributed by atoms with Crippen molar-refractivity contribution in [1.82, 2.24) is 5.32 Å². The predicted molar refractivity (Wildman–Crippen MR) is 83.9 cm³/mol. The molecule has 0 spiro atoms. The fourth-order valence-corrected chi connectivity index (χ4v) is 3.97. The van der Waals surface area contributed by atoms with Gasteiger partial charge in [0.1, 0.15) is 0 Å². The van der Waals surface area contributed by atoms with Crippen LogP contribution in [-0.4, -0.2) is 23.5 Å². The molecule has 1 aromatic heterocycles. The van der Waals surface area contributed by atoms with Gasteiger partial charge in [-0.3, -0.25) is 9.59 Å². The number of carbonyl (C=O) groups is 2. The Morgan fingerprint density at radius 1 is 1.38 bits per heavy atom. The fraction of sp³-hybridized carbons (Fsp3) is 0.625. The molecule has 0 saturated carbocycles. The average Bonchev–Trinajstić information content (AvgIpc) is 3.03. The minimum absolute atomic E-state index is 0.0162. The second kappa shape index (κ2) is 7.59. The first-order valence-electron chi connectivity index (χ1n) is 7.71. The van der Waals surface area contributed by atoms with Crippen molar-refractivity contribution in [2.75, 3.05) is 6.54 Å². The molecule has 1 atom stereocenters. The predicted octanol–water partition coefficient (Wildman–Crippen LogP) is 3.25. The van der Waals surface area contributed by atoms with Crippen LogP contribution in [0.1, 0.15) is 59.1 Å². The van der Waals surface area contributed by atoms with Gasteiger partial charge in [-0.2, -0.15) is 0 Å². The van der Waals surface area contributed by atoms with E-state index in [1.165, 1.54) is 16.9 Å². The Labute approximate surface area is 129 Å². The number of amides is 1. The first-order valence-corrected chi connectivity index (χ1v) is 8.53. The third kappa shape index (κ3) is 4.56. The molecular formula is C16H23NO3S. The molecule has 0 aliphatic heterocycles. The van der Waals surface area contributed by atoms with Crippen LogP contribution < -0.4 is 5.32 Å². The van der Waals surface area contributed by atoms with Crippen LogP contribution in [-0.2, 0) is 17.6 Å². The van der Waals surface area contributed by atoms with E-state index in [0.717, 1.165) is 30.6 Å². The Hall–Kier alpha value is -1.36. The third-order valence-corrected chi connectivity index (χ3v) is 5.39. The molecule has 1 aliphatic carbocycles. The molecule has 1 aliphatic rings. The second-order valence-electron chi connectivity index (χ2n) is 5.66. The summed E-state index contributed by atoms with van der Waals surface area (Å²) in [5, 5.41) is 11.7. The van der Waals surface area contributed by atoms with Gasteiger partial charge < -0.3 is 10.4 Å². The van der Waals surface area contributed by atoms with Gasteiger partial charge in [-0.25, -0.2) is 0 Å². The lowest BCUT2D eigenvalue weighted by molar-refractivity contribution is -0.137. The number of thiophene rings is 1. The van der Waals surface area contributed by atoms with E-state index in [-0.39, 0.29) is 12.3 Å². The van der Waals surface area contributed by atoms with Crippen molar-refractivity contribution in [2.45, 2.75) is 51.9 Å². The topological polar surface area (TPSA) is 66.4 Å². The van der Waals surface area contributed by atoms with Crippen molar-refractivity contribution in [3.05, 3.63) is 21.4 Å². The van der Waals surface area contributed by atoms with Gasteiger partial charge in [0.05, 0.1) is 4.88 Å². The highest BCUT2D eigenvalue weighted by atomic mass is 32.1. The van der Waals surface area contributed by atoms with E-state index in [1.807, 2.05) is 6.07 Å². The molecule has 0 fully saturated rings. The highest BCUT2D eigenvalue weighted by Gasteiger charge is 2.18. The summed E-state index contributed by atoms with van der Waals surface area (Å²) in [6.07, 6.45) is 6.13. The molecule has 4 nitrogen and oxygen atoms in total. The van der Waals surface area contributed by atoms with Crippen LogP contribution in [0.15, 0.2) is 6.07 Å². The van der Waals surface area contributed by atoms with Gasteiger partial charge in [-0.1, -0.05) is 13.3 Å². The lowest BCUT2D eigenvalue weighted by atomic mass is 9.97. The molecular weight excluding hydrogens is 286 g/mol. The van der Waals surface area contributed by atoms with Gasteiger partial charge in [-0.05, 0) is 49.7 Å². The summed E-state index contributed by atoms with van der Waals surface area (Å²) in [6.45, 7) is 2.69. The molecule has 1 unspecified atom stereocenters. The van der Waals surface area contributed by atoms with E-state index >= 15 is 0 Å². The van der Waals surface area contributed by atoms with Crippen molar-refractivity contribution in [1.29, 1.82) is 0 Å².